The number of carboxylic acids is 1. The Morgan fingerprint density at radius 2 is 2.16 bits per heavy atom. The summed E-state index contributed by atoms with van der Waals surface area (Å²) in [6.45, 7) is 0. The average Bonchev–Trinajstić information content (AvgIpc) is 2.89. The van der Waals surface area contributed by atoms with E-state index < -0.39 is 12.0 Å². The largest absolute Gasteiger partial charge is 1.00 e. The van der Waals surface area contributed by atoms with Gasteiger partial charge >= 0.3 is 18.9 Å². The van der Waals surface area contributed by atoms with Crippen LogP contribution in [0.3, 0.4) is 0 Å². The fourth-order valence-corrected chi connectivity index (χ4v) is 1.83. The molecular weight excluding hydrogens is 237 g/mol. The van der Waals surface area contributed by atoms with E-state index in [1.165, 1.54) is 0 Å². The zero-order chi connectivity index (χ0) is 13.0. The van der Waals surface area contributed by atoms with Crippen LogP contribution in [-0.4, -0.2) is 22.0 Å². The quantitative estimate of drug-likeness (QED) is 0.557. The molecule has 1 heterocycles. The normalized spacial score (nSPS) is 11.6. The number of carboxylic acid groups (broad SMARTS) is 1. The molecular formula is C13H14LiN3O2. The summed E-state index contributed by atoms with van der Waals surface area (Å²) in [7, 11) is 0. The number of hydrogen-bond acceptors (Lipinski definition) is 4. The Bertz CT molecular complexity index is 528. The summed E-state index contributed by atoms with van der Waals surface area (Å²) < 4.78 is 0. The van der Waals surface area contributed by atoms with E-state index in [1.807, 2.05) is 24.3 Å². The Labute approximate surface area is 123 Å². The van der Waals surface area contributed by atoms with Gasteiger partial charge in [-0.25, -0.2) is 4.98 Å². The van der Waals surface area contributed by atoms with Gasteiger partial charge < -0.3 is 20.6 Å². The summed E-state index contributed by atoms with van der Waals surface area (Å²) in [5.41, 5.74) is 8.42. The van der Waals surface area contributed by atoms with Crippen LogP contribution in [-0.2, 0) is 11.2 Å². The number of H-pyrrole nitrogens is 1. The van der Waals surface area contributed by atoms with Gasteiger partial charge in [0, 0.05) is 11.6 Å². The number of aliphatic carboxylic acids is 1. The van der Waals surface area contributed by atoms with Gasteiger partial charge in [-0.2, -0.15) is 0 Å². The molecule has 0 aliphatic rings. The van der Waals surface area contributed by atoms with E-state index in [0.29, 0.717) is 12.8 Å². The number of carbonyl (C=O) groups is 1. The van der Waals surface area contributed by atoms with E-state index in [1.54, 1.807) is 12.5 Å². The molecule has 19 heavy (non-hydrogen) atoms. The van der Waals surface area contributed by atoms with Gasteiger partial charge in [0.05, 0.1) is 24.2 Å². The number of carbonyl (C=O) groups excluding carboxylic acids is 1. The van der Waals surface area contributed by atoms with Crippen molar-refractivity contribution in [3.63, 3.8) is 0 Å². The topological polar surface area (TPSA) is 94.8 Å². The fraction of sp³-hybridized carbons (Fsp3) is 0.231. The maximum absolute atomic E-state index is 10.6. The number of nitrogens with one attached hydrogen (secondary N) is 1. The molecule has 0 spiro atoms. The van der Waals surface area contributed by atoms with Crippen molar-refractivity contribution >= 4 is 5.97 Å². The molecule has 1 aromatic heterocycles. The standard InChI is InChI=1S/C13H15N3O2.Li/c14-11(13(17)18)6-5-9-3-1-2-4-10(9)12-7-15-8-16-12;/h1-4,7-8,11H,5-6,14H2,(H,15,16)(H,17,18);/q;+1/p-1. The van der Waals surface area contributed by atoms with Crippen molar-refractivity contribution in [1.29, 1.82) is 0 Å². The zero-order valence-corrected chi connectivity index (χ0v) is 10.8. The molecule has 2 aromatic rings. The van der Waals surface area contributed by atoms with Gasteiger partial charge in [0.15, 0.2) is 0 Å². The summed E-state index contributed by atoms with van der Waals surface area (Å²) in [6, 6.07) is 6.84. The van der Waals surface area contributed by atoms with Gasteiger partial charge in [-0.15, -0.1) is 0 Å². The van der Waals surface area contributed by atoms with E-state index >= 15 is 0 Å². The summed E-state index contributed by atoms with van der Waals surface area (Å²) >= 11 is 0. The molecule has 3 N–H and O–H groups in total. The molecule has 6 heteroatoms. The third-order valence-corrected chi connectivity index (χ3v) is 2.83. The second kappa shape index (κ2) is 7.15. The third kappa shape index (κ3) is 3.96. The minimum Gasteiger partial charge on any atom is -0.548 e. The molecule has 94 valence electrons. The molecule has 0 bridgehead atoms. The first kappa shape index (κ1) is 15.5. The smallest absolute Gasteiger partial charge is 0.548 e. The maximum atomic E-state index is 10.6. The van der Waals surface area contributed by atoms with Crippen LogP contribution in [0.25, 0.3) is 11.3 Å². The van der Waals surface area contributed by atoms with Crippen molar-refractivity contribution in [2.24, 2.45) is 5.73 Å². The minimum atomic E-state index is -1.21. The molecule has 0 fully saturated rings. The Kier molecular flexibility index (Phi) is 5.84. The van der Waals surface area contributed by atoms with Crippen molar-refractivity contribution in [2.45, 2.75) is 18.9 Å². The molecule has 0 amide bonds. The summed E-state index contributed by atoms with van der Waals surface area (Å²) in [4.78, 5) is 17.6. The molecule has 0 radical (unpaired) electrons. The number of nitrogens with zero attached hydrogens (tertiary/aromatic N) is 1. The van der Waals surface area contributed by atoms with Crippen molar-refractivity contribution < 1.29 is 28.8 Å². The maximum Gasteiger partial charge on any atom is 1.00 e. The van der Waals surface area contributed by atoms with Crippen LogP contribution in [0.15, 0.2) is 36.8 Å². The molecule has 1 unspecified atom stereocenters. The monoisotopic (exact) mass is 251 g/mol. The van der Waals surface area contributed by atoms with E-state index in [4.69, 9.17) is 5.73 Å². The number of imidazole rings is 1. The Morgan fingerprint density at radius 3 is 2.79 bits per heavy atom. The Morgan fingerprint density at radius 1 is 1.42 bits per heavy atom. The summed E-state index contributed by atoms with van der Waals surface area (Å²) in [5.74, 6) is -1.21. The van der Waals surface area contributed by atoms with E-state index in [9.17, 15) is 9.90 Å². The zero-order valence-electron chi connectivity index (χ0n) is 10.8. The van der Waals surface area contributed by atoms with Gasteiger partial charge in [0.1, 0.15) is 0 Å². The first-order chi connectivity index (χ1) is 8.68. The number of aromatic nitrogens is 2. The van der Waals surface area contributed by atoms with Crippen molar-refractivity contribution in [3.05, 3.63) is 42.4 Å². The van der Waals surface area contributed by atoms with E-state index in [-0.39, 0.29) is 18.9 Å². The van der Waals surface area contributed by atoms with Gasteiger partial charge in [0.25, 0.3) is 0 Å². The minimum absolute atomic E-state index is 0. The summed E-state index contributed by atoms with van der Waals surface area (Å²) in [6.07, 6.45) is 4.29. The first-order valence-electron chi connectivity index (χ1n) is 5.71. The average molecular weight is 251 g/mol. The van der Waals surface area contributed by atoms with Crippen molar-refractivity contribution in [3.8, 4) is 11.3 Å². The third-order valence-electron chi connectivity index (χ3n) is 2.83. The van der Waals surface area contributed by atoms with E-state index in [2.05, 4.69) is 9.97 Å². The number of hydrogen-bond donors (Lipinski definition) is 2. The molecule has 5 nitrogen and oxygen atoms in total. The Hall–Kier alpha value is -1.54. The van der Waals surface area contributed by atoms with Crippen LogP contribution in [0.1, 0.15) is 12.0 Å². The number of nitrogens with two attached hydrogens (primary N) is 1. The van der Waals surface area contributed by atoms with Gasteiger partial charge in [-0.3, -0.25) is 0 Å². The second-order valence-electron chi connectivity index (χ2n) is 4.09. The predicted molar refractivity (Wildman–Crippen MR) is 65.3 cm³/mol. The van der Waals surface area contributed by atoms with Gasteiger partial charge in [0.2, 0.25) is 0 Å². The van der Waals surface area contributed by atoms with Crippen LogP contribution in [0, 0.1) is 0 Å². The predicted octanol–water partition coefficient (Wildman–Crippen LogP) is -2.91. The molecule has 0 aliphatic heterocycles. The molecule has 0 saturated carbocycles. The van der Waals surface area contributed by atoms with Crippen LogP contribution in [0.5, 0.6) is 0 Å². The summed E-state index contributed by atoms with van der Waals surface area (Å²) in [5, 5.41) is 10.6. The molecule has 0 aliphatic carbocycles. The molecule has 0 saturated heterocycles. The number of aromatic amines is 1. The molecule has 1 aromatic carbocycles. The van der Waals surface area contributed by atoms with Crippen LogP contribution in [0.2, 0.25) is 0 Å². The van der Waals surface area contributed by atoms with Crippen LogP contribution in [0.4, 0.5) is 0 Å². The SMILES string of the molecule is NC(CCc1ccccc1-c1cnc[nH]1)C(=O)[O-].[Li+]. The van der Waals surface area contributed by atoms with Crippen molar-refractivity contribution in [2.75, 3.05) is 0 Å². The van der Waals surface area contributed by atoms with Crippen LogP contribution < -0.4 is 29.7 Å². The molecule has 1 atom stereocenters. The van der Waals surface area contributed by atoms with Crippen LogP contribution >= 0.6 is 0 Å². The second-order valence-corrected chi connectivity index (χ2v) is 4.09. The molecule has 2 rings (SSSR count). The fourth-order valence-electron chi connectivity index (χ4n) is 1.83. The number of benzene rings is 1. The first-order valence-corrected chi connectivity index (χ1v) is 5.71. The van der Waals surface area contributed by atoms with E-state index in [0.717, 1.165) is 16.8 Å². The van der Waals surface area contributed by atoms with Gasteiger partial charge in [-0.1, -0.05) is 24.3 Å². The number of aryl methyl sites for hydroxylation is 1. The Balaban J connectivity index is 0.00000180. The number of rotatable bonds is 5. The van der Waals surface area contributed by atoms with Crippen molar-refractivity contribution in [1.82, 2.24) is 9.97 Å². The van der Waals surface area contributed by atoms with Gasteiger partial charge in [-0.05, 0) is 18.4 Å².